The summed E-state index contributed by atoms with van der Waals surface area (Å²) in [6.07, 6.45) is 0. The maximum Gasteiger partial charge on any atom is 0.338 e. The van der Waals surface area contributed by atoms with Crippen LogP contribution >= 0.6 is 0 Å². The summed E-state index contributed by atoms with van der Waals surface area (Å²) in [4.78, 5) is 21.9. The molecule has 0 aromatic heterocycles. The van der Waals surface area contributed by atoms with E-state index in [1.54, 1.807) is 36.4 Å². The van der Waals surface area contributed by atoms with Crippen molar-refractivity contribution in [1.82, 2.24) is 0 Å². The zero-order valence-electron chi connectivity index (χ0n) is 14.8. The molecule has 6 nitrogen and oxygen atoms in total. The van der Waals surface area contributed by atoms with Crippen LogP contribution in [0.1, 0.15) is 20.7 Å². The van der Waals surface area contributed by atoms with Gasteiger partial charge in [-0.05, 0) is 33.7 Å². The highest BCUT2D eigenvalue weighted by Gasteiger charge is 2.12. The van der Waals surface area contributed by atoms with Crippen molar-refractivity contribution in [2.45, 2.75) is 0 Å². The minimum Gasteiger partial charge on any atom is -0.478 e. The molecule has 0 aliphatic rings. The zero-order chi connectivity index (χ0) is 20.3. The summed E-state index contributed by atoms with van der Waals surface area (Å²) in [6, 6.07) is 21.4. The Bertz CT molecular complexity index is 1110. The third-order valence-electron chi connectivity index (χ3n) is 4.35. The van der Waals surface area contributed by atoms with E-state index in [0.717, 1.165) is 10.8 Å². The van der Waals surface area contributed by atoms with Gasteiger partial charge in [0, 0.05) is 11.4 Å². The van der Waals surface area contributed by atoms with Crippen LogP contribution in [0.2, 0.25) is 0 Å². The van der Waals surface area contributed by atoms with E-state index in [-0.39, 0.29) is 11.1 Å². The van der Waals surface area contributed by atoms with Gasteiger partial charge in [-0.1, -0.05) is 60.7 Å². The molecule has 0 aliphatic heterocycles. The summed E-state index contributed by atoms with van der Waals surface area (Å²) >= 11 is 0. The third-order valence-corrected chi connectivity index (χ3v) is 4.35. The summed E-state index contributed by atoms with van der Waals surface area (Å²) < 4.78 is 0. The first-order valence-electron chi connectivity index (χ1n) is 8.41. The number of anilines is 2. The van der Waals surface area contributed by atoms with Crippen LogP contribution in [0.15, 0.2) is 72.8 Å². The van der Waals surface area contributed by atoms with Crippen molar-refractivity contribution >= 4 is 44.9 Å². The van der Waals surface area contributed by atoms with E-state index in [1.165, 1.54) is 0 Å². The van der Waals surface area contributed by atoms with Crippen molar-refractivity contribution in [3.8, 4) is 0 Å². The van der Waals surface area contributed by atoms with E-state index in [0.29, 0.717) is 22.1 Å². The molecule has 0 fully saturated rings. The fourth-order valence-electron chi connectivity index (χ4n) is 3.05. The Morgan fingerprint density at radius 3 is 1.29 bits per heavy atom. The first-order valence-corrected chi connectivity index (χ1v) is 8.41. The van der Waals surface area contributed by atoms with Gasteiger partial charge in [0.15, 0.2) is 0 Å². The lowest BCUT2D eigenvalue weighted by molar-refractivity contribution is 0.0689. The van der Waals surface area contributed by atoms with Gasteiger partial charge in [0.25, 0.3) is 0 Å². The van der Waals surface area contributed by atoms with Gasteiger partial charge in [-0.25, -0.2) is 9.59 Å². The van der Waals surface area contributed by atoms with Gasteiger partial charge in [0.1, 0.15) is 0 Å². The van der Waals surface area contributed by atoms with E-state index in [2.05, 4.69) is 0 Å². The highest BCUT2D eigenvalue weighted by molar-refractivity contribution is 6.09. The molecule has 0 bridgehead atoms. The Labute approximate surface area is 160 Å². The molecule has 0 radical (unpaired) electrons. The van der Waals surface area contributed by atoms with Crippen LogP contribution in [0, 0.1) is 0 Å². The van der Waals surface area contributed by atoms with Crippen LogP contribution in [0.25, 0.3) is 21.5 Å². The second-order valence-electron chi connectivity index (χ2n) is 6.11. The van der Waals surface area contributed by atoms with Crippen LogP contribution in [-0.4, -0.2) is 22.2 Å². The van der Waals surface area contributed by atoms with Crippen LogP contribution in [0.3, 0.4) is 0 Å². The molecule has 0 amide bonds. The first-order chi connectivity index (χ1) is 13.4. The molecule has 0 aliphatic carbocycles. The predicted molar refractivity (Wildman–Crippen MR) is 111 cm³/mol. The summed E-state index contributed by atoms with van der Waals surface area (Å²) in [5.41, 5.74) is 12.2. The van der Waals surface area contributed by atoms with Crippen molar-refractivity contribution in [3.05, 3.63) is 83.9 Å². The Hall–Kier alpha value is -4.06. The van der Waals surface area contributed by atoms with Gasteiger partial charge >= 0.3 is 11.9 Å². The Morgan fingerprint density at radius 1 is 0.571 bits per heavy atom. The number of benzene rings is 4. The van der Waals surface area contributed by atoms with E-state index in [9.17, 15) is 9.59 Å². The Balaban J connectivity index is 0.000000161. The number of carboxylic acid groups (broad SMARTS) is 2. The molecule has 4 aromatic carbocycles. The molecule has 0 saturated heterocycles. The highest BCUT2D eigenvalue weighted by Crippen LogP contribution is 2.24. The fourth-order valence-corrected chi connectivity index (χ4v) is 3.05. The van der Waals surface area contributed by atoms with Gasteiger partial charge in [0.05, 0.1) is 11.1 Å². The minimum absolute atomic E-state index is 0.183. The topological polar surface area (TPSA) is 127 Å². The van der Waals surface area contributed by atoms with Crippen LogP contribution < -0.4 is 11.5 Å². The number of fused-ring (bicyclic) bond motifs is 2. The maximum atomic E-state index is 11.0. The maximum absolute atomic E-state index is 11.0. The smallest absolute Gasteiger partial charge is 0.338 e. The van der Waals surface area contributed by atoms with Gasteiger partial charge in [-0.2, -0.15) is 0 Å². The van der Waals surface area contributed by atoms with Crippen molar-refractivity contribution in [3.63, 3.8) is 0 Å². The lowest BCUT2D eigenvalue weighted by Gasteiger charge is -2.04. The largest absolute Gasteiger partial charge is 0.478 e. The normalized spacial score (nSPS) is 10.3. The minimum atomic E-state index is -0.987. The Morgan fingerprint density at radius 2 is 0.929 bits per heavy atom. The summed E-state index contributed by atoms with van der Waals surface area (Å²) in [7, 11) is 0. The van der Waals surface area contributed by atoms with E-state index in [4.69, 9.17) is 21.7 Å². The number of hydrogen-bond donors (Lipinski definition) is 4. The number of nitrogen functional groups attached to an aromatic ring is 2. The van der Waals surface area contributed by atoms with Gasteiger partial charge in [-0.3, -0.25) is 0 Å². The lowest BCUT2D eigenvalue weighted by Crippen LogP contribution is -2.02. The second-order valence-corrected chi connectivity index (χ2v) is 6.11. The molecule has 0 saturated carbocycles. The summed E-state index contributed by atoms with van der Waals surface area (Å²) in [6.45, 7) is 0. The van der Waals surface area contributed by atoms with Gasteiger partial charge < -0.3 is 21.7 Å². The SMILES string of the molecule is Nc1ccc2ccccc2c1C(=O)O.Nc1ccc2ccccc2c1C(=O)O. The molecule has 4 rings (SSSR count). The fraction of sp³-hybridized carbons (Fsp3) is 0. The molecule has 0 atom stereocenters. The number of carboxylic acids is 2. The highest BCUT2D eigenvalue weighted by atomic mass is 16.4. The van der Waals surface area contributed by atoms with E-state index >= 15 is 0 Å². The molecular formula is C22H18N2O4. The Kier molecular flexibility index (Phi) is 5.13. The standard InChI is InChI=1S/2C11H9NO2/c2*12-9-6-5-7-3-1-2-4-8(7)10(9)11(13)14/h2*1-6H,12H2,(H,13,14). The monoisotopic (exact) mass is 374 g/mol. The third kappa shape index (κ3) is 3.57. The zero-order valence-corrected chi connectivity index (χ0v) is 14.8. The summed E-state index contributed by atoms with van der Waals surface area (Å²) in [5, 5.41) is 21.1. The average molecular weight is 374 g/mol. The number of hydrogen-bond acceptors (Lipinski definition) is 4. The van der Waals surface area contributed by atoms with Crippen LogP contribution in [-0.2, 0) is 0 Å². The van der Waals surface area contributed by atoms with Crippen molar-refractivity contribution in [2.75, 3.05) is 11.5 Å². The van der Waals surface area contributed by atoms with Gasteiger partial charge in [0.2, 0.25) is 0 Å². The van der Waals surface area contributed by atoms with Crippen molar-refractivity contribution in [2.24, 2.45) is 0 Å². The van der Waals surface area contributed by atoms with Crippen molar-refractivity contribution in [1.29, 1.82) is 0 Å². The molecule has 0 heterocycles. The van der Waals surface area contributed by atoms with E-state index < -0.39 is 11.9 Å². The van der Waals surface area contributed by atoms with Crippen molar-refractivity contribution < 1.29 is 19.8 Å². The number of nitrogens with two attached hydrogens (primary N) is 2. The number of carbonyl (C=O) groups is 2. The number of rotatable bonds is 2. The molecular weight excluding hydrogens is 356 g/mol. The molecule has 0 unspecified atom stereocenters. The molecule has 6 N–H and O–H groups in total. The second kappa shape index (κ2) is 7.67. The first kappa shape index (κ1) is 18.7. The van der Waals surface area contributed by atoms with Gasteiger partial charge in [-0.15, -0.1) is 0 Å². The van der Waals surface area contributed by atoms with E-state index in [1.807, 2.05) is 36.4 Å². The molecule has 140 valence electrons. The summed E-state index contributed by atoms with van der Waals surface area (Å²) in [5.74, 6) is -1.97. The molecule has 6 heteroatoms. The molecule has 4 aromatic rings. The molecule has 0 spiro atoms. The molecule has 28 heavy (non-hydrogen) atoms. The number of aromatic carboxylic acids is 2. The lowest BCUT2D eigenvalue weighted by atomic mass is 10.0. The predicted octanol–water partition coefficient (Wildman–Crippen LogP) is 4.24. The van der Waals surface area contributed by atoms with Crippen LogP contribution in [0.4, 0.5) is 11.4 Å². The average Bonchev–Trinajstić information content (AvgIpc) is 2.67. The van der Waals surface area contributed by atoms with Crippen LogP contribution in [0.5, 0.6) is 0 Å². The quantitative estimate of drug-likeness (QED) is 0.389.